The van der Waals surface area contributed by atoms with E-state index in [4.69, 9.17) is 28.4 Å². The Morgan fingerprint density at radius 1 is 0.518 bits per heavy atom. The molecular weight excluding hydrogens is 707 g/mol. The number of rotatable bonds is 43. The number of ether oxygens (including phenoxy) is 6. The summed E-state index contributed by atoms with van der Waals surface area (Å²) in [4.78, 5) is 24.9. The number of amides is 1. The van der Waals surface area contributed by atoms with Crippen molar-refractivity contribution < 1.29 is 38.0 Å². The zero-order valence-electron chi connectivity index (χ0n) is 38.1. The van der Waals surface area contributed by atoms with E-state index in [1.807, 2.05) is 6.92 Å². The van der Waals surface area contributed by atoms with Crippen LogP contribution >= 0.6 is 0 Å². The average molecular weight is 800 g/mol. The van der Waals surface area contributed by atoms with Crippen molar-refractivity contribution in [1.29, 1.82) is 0 Å². The lowest BCUT2D eigenvalue weighted by Crippen LogP contribution is -2.36. The molecule has 1 amide bonds. The largest absolute Gasteiger partial charge is 0.464 e. The second-order valence-electron chi connectivity index (χ2n) is 16.7. The van der Waals surface area contributed by atoms with Crippen LogP contribution in [0, 0.1) is 0 Å². The number of carbonyl (C=O) groups excluding carboxylic acids is 2. The SMILES string of the molecule is CCCCCCCCCCCCCCOCC(COC(=O)NCC(=O)OCCC(C)(CC)OCCC(C)(CC)OC)OCCCCCCCCCCCCCC. The monoisotopic (exact) mass is 800 g/mol. The van der Waals surface area contributed by atoms with Crippen LogP contribution in [0.25, 0.3) is 0 Å². The van der Waals surface area contributed by atoms with Crippen LogP contribution in [0.5, 0.6) is 0 Å². The molecule has 56 heavy (non-hydrogen) atoms. The molecule has 3 atom stereocenters. The minimum atomic E-state index is -0.666. The Hall–Kier alpha value is -1.42. The van der Waals surface area contributed by atoms with Crippen LogP contribution in [0.4, 0.5) is 4.79 Å². The summed E-state index contributed by atoms with van der Waals surface area (Å²) in [5.74, 6) is -0.510. The third kappa shape index (κ3) is 34.6. The second-order valence-corrected chi connectivity index (χ2v) is 16.7. The number of unbranched alkanes of at least 4 members (excludes halogenated alkanes) is 22. The van der Waals surface area contributed by atoms with Crippen LogP contribution in [0.15, 0.2) is 0 Å². The third-order valence-corrected chi connectivity index (χ3v) is 11.5. The summed E-state index contributed by atoms with van der Waals surface area (Å²) in [7, 11) is 1.73. The average Bonchev–Trinajstić information content (AvgIpc) is 3.20. The lowest BCUT2D eigenvalue weighted by atomic mass is 9.97. The number of nitrogens with one attached hydrogen (secondary N) is 1. The van der Waals surface area contributed by atoms with Gasteiger partial charge in [0.1, 0.15) is 19.3 Å². The van der Waals surface area contributed by atoms with Gasteiger partial charge in [-0.25, -0.2) is 4.79 Å². The van der Waals surface area contributed by atoms with Crippen molar-refractivity contribution in [1.82, 2.24) is 5.32 Å². The van der Waals surface area contributed by atoms with Gasteiger partial charge in [0.05, 0.1) is 31.0 Å². The molecule has 0 aromatic heterocycles. The molecule has 334 valence electrons. The highest BCUT2D eigenvalue weighted by Gasteiger charge is 2.27. The Morgan fingerprint density at radius 2 is 0.964 bits per heavy atom. The van der Waals surface area contributed by atoms with Gasteiger partial charge in [0.25, 0.3) is 0 Å². The van der Waals surface area contributed by atoms with Gasteiger partial charge in [0.2, 0.25) is 0 Å². The van der Waals surface area contributed by atoms with Crippen molar-refractivity contribution in [3.05, 3.63) is 0 Å². The maximum absolute atomic E-state index is 12.5. The van der Waals surface area contributed by atoms with Crippen LogP contribution in [0.3, 0.4) is 0 Å². The predicted octanol–water partition coefficient (Wildman–Crippen LogP) is 12.8. The zero-order chi connectivity index (χ0) is 41.4. The Kier molecular flexibility index (Phi) is 38.1. The van der Waals surface area contributed by atoms with Crippen molar-refractivity contribution in [2.24, 2.45) is 0 Å². The summed E-state index contributed by atoms with van der Waals surface area (Å²) in [6, 6.07) is 0. The van der Waals surface area contributed by atoms with Gasteiger partial charge in [-0.2, -0.15) is 0 Å². The van der Waals surface area contributed by atoms with E-state index in [1.54, 1.807) is 7.11 Å². The fraction of sp³-hybridized carbons (Fsp3) is 0.957. The van der Waals surface area contributed by atoms with Gasteiger partial charge in [-0.3, -0.25) is 4.79 Å². The van der Waals surface area contributed by atoms with Crippen molar-refractivity contribution >= 4 is 12.1 Å². The fourth-order valence-corrected chi connectivity index (χ4v) is 6.68. The standard InChI is InChI=1S/C47H93NO8/c1-8-12-14-16-18-20-22-24-26-28-30-32-36-52-41-43(53-37-33-31-29-27-25-23-21-19-17-15-13-9-2)42-55-45(50)48-40-44(49)54-38-34-47(6,11-4)56-39-35-46(5,10-3)51-7/h43H,8-42H2,1-7H3,(H,48,50). The molecule has 1 N–H and O–H groups in total. The van der Waals surface area contributed by atoms with Gasteiger partial charge in [0.15, 0.2) is 0 Å². The molecule has 0 aliphatic rings. The Labute approximate surface area is 346 Å². The van der Waals surface area contributed by atoms with Crippen molar-refractivity contribution in [2.45, 2.75) is 239 Å². The highest BCUT2D eigenvalue weighted by Crippen LogP contribution is 2.24. The molecule has 3 unspecified atom stereocenters. The molecule has 9 nitrogen and oxygen atoms in total. The van der Waals surface area contributed by atoms with Gasteiger partial charge in [0, 0.05) is 26.7 Å². The molecular formula is C47H93NO8. The molecule has 0 heterocycles. The molecule has 0 saturated heterocycles. The molecule has 0 fully saturated rings. The lowest BCUT2D eigenvalue weighted by Gasteiger charge is -2.32. The van der Waals surface area contributed by atoms with E-state index < -0.39 is 17.7 Å². The molecule has 0 aromatic rings. The minimum absolute atomic E-state index is 0.0733. The topological polar surface area (TPSA) is 102 Å². The molecule has 0 saturated carbocycles. The Bertz CT molecular complexity index is 869. The number of methoxy groups -OCH3 is 1. The van der Waals surface area contributed by atoms with Crippen LogP contribution in [0.2, 0.25) is 0 Å². The van der Waals surface area contributed by atoms with E-state index in [0.717, 1.165) is 38.5 Å². The highest BCUT2D eigenvalue weighted by molar-refractivity contribution is 5.77. The van der Waals surface area contributed by atoms with E-state index in [9.17, 15) is 9.59 Å². The van der Waals surface area contributed by atoms with Crippen LogP contribution in [-0.2, 0) is 33.2 Å². The van der Waals surface area contributed by atoms with Crippen LogP contribution < -0.4 is 5.32 Å². The zero-order valence-corrected chi connectivity index (χ0v) is 38.1. The Balaban J connectivity index is 4.44. The predicted molar refractivity (Wildman–Crippen MR) is 233 cm³/mol. The first kappa shape index (κ1) is 54.6. The first-order valence-electron chi connectivity index (χ1n) is 23.6. The Morgan fingerprint density at radius 3 is 1.43 bits per heavy atom. The summed E-state index contributed by atoms with van der Waals surface area (Å²) in [6.45, 7) is 15.1. The molecule has 0 aliphatic carbocycles. The van der Waals surface area contributed by atoms with E-state index in [2.05, 4.69) is 39.9 Å². The fourth-order valence-electron chi connectivity index (χ4n) is 6.68. The maximum Gasteiger partial charge on any atom is 0.407 e. The minimum Gasteiger partial charge on any atom is -0.464 e. The summed E-state index contributed by atoms with van der Waals surface area (Å²) in [5.41, 5.74) is -0.620. The number of hydrogen-bond acceptors (Lipinski definition) is 8. The molecule has 9 heteroatoms. The molecule has 0 rings (SSSR count). The maximum atomic E-state index is 12.5. The van der Waals surface area contributed by atoms with Gasteiger partial charge in [-0.05, 0) is 46.0 Å². The normalized spacial score (nSPS) is 14.3. The van der Waals surface area contributed by atoms with Crippen molar-refractivity contribution in [2.75, 3.05) is 53.3 Å². The summed E-state index contributed by atoms with van der Waals surface area (Å²) in [5, 5.41) is 2.52. The van der Waals surface area contributed by atoms with Crippen molar-refractivity contribution in [3.63, 3.8) is 0 Å². The smallest absolute Gasteiger partial charge is 0.407 e. The first-order chi connectivity index (χ1) is 27.2. The molecule has 0 bridgehead atoms. The van der Waals surface area contributed by atoms with Gasteiger partial charge >= 0.3 is 12.1 Å². The summed E-state index contributed by atoms with van der Waals surface area (Å²) >= 11 is 0. The number of hydrogen-bond donors (Lipinski definition) is 1. The summed E-state index contributed by atoms with van der Waals surface area (Å²) in [6.07, 6.45) is 33.2. The molecule has 0 aliphatic heterocycles. The lowest BCUT2D eigenvalue weighted by molar-refractivity contribution is -0.145. The van der Waals surface area contributed by atoms with Gasteiger partial charge in [-0.15, -0.1) is 0 Å². The second kappa shape index (κ2) is 39.1. The molecule has 0 spiro atoms. The molecule has 0 radical (unpaired) electrons. The third-order valence-electron chi connectivity index (χ3n) is 11.5. The van der Waals surface area contributed by atoms with Crippen molar-refractivity contribution in [3.8, 4) is 0 Å². The number of esters is 1. The van der Waals surface area contributed by atoms with E-state index >= 15 is 0 Å². The van der Waals surface area contributed by atoms with Crippen LogP contribution in [-0.4, -0.2) is 82.7 Å². The van der Waals surface area contributed by atoms with E-state index in [-0.39, 0.29) is 31.5 Å². The van der Waals surface area contributed by atoms with Gasteiger partial charge in [-0.1, -0.05) is 169 Å². The van der Waals surface area contributed by atoms with Crippen LogP contribution in [0.1, 0.15) is 221 Å². The van der Waals surface area contributed by atoms with E-state index in [0.29, 0.717) is 32.8 Å². The summed E-state index contributed by atoms with van der Waals surface area (Å²) < 4.78 is 34.8. The highest BCUT2D eigenvalue weighted by atomic mass is 16.6. The number of carbonyl (C=O) groups is 2. The van der Waals surface area contributed by atoms with Gasteiger partial charge < -0.3 is 33.7 Å². The first-order valence-corrected chi connectivity index (χ1v) is 23.6. The molecule has 0 aromatic carbocycles. The number of alkyl carbamates (subject to hydrolysis) is 1. The quantitative estimate of drug-likeness (QED) is 0.0481. The van der Waals surface area contributed by atoms with E-state index in [1.165, 1.54) is 135 Å².